The van der Waals surface area contributed by atoms with Crippen LogP contribution in [0.25, 0.3) is 27.8 Å². The predicted octanol–water partition coefficient (Wildman–Crippen LogP) is 4.79. The zero-order valence-corrected chi connectivity index (χ0v) is 33.7. The molecule has 4 heterocycles. The Balaban J connectivity index is 1.14. The van der Waals surface area contributed by atoms with Gasteiger partial charge in [0.05, 0.1) is 23.0 Å². The highest BCUT2D eigenvalue weighted by Gasteiger charge is 2.62. The topological polar surface area (TPSA) is 190 Å². The van der Waals surface area contributed by atoms with E-state index in [1.165, 1.54) is 4.90 Å². The first-order valence-corrected chi connectivity index (χ1v) is 21.6. The Labute approximate surface area is 337 Å². The van der Waals surface area contributed by atoms with Crippen molar-refractivity contribution in [3.63, 3.8) is 0 Å². The van der Waals surface area contributed by atoms with E-state index < -0.39 is 74.3 Å². The molecule has 16 heteroatoms. The smallest absolute Gasteiger partial charge is 0.408 e. The second-order valence-electron chi connectivity index (χ2n) is 16.8. The number of allylic oxidation sites excluding steroid dienone is 1. The van der Waals surface area contributed by atoms with Gasteiger partial charge in [0.2, 0.25) is 27.7 Å². The molecule has 0 unspecified atom stereocenters. The van der Waals surface area contributed by atoms with E-state index in [-0.39, 0.29) is 19.4 Å². The molecule has 4 aliphatic rings. The molecule has 4 aromatic rings. The van der Waals surface area contributed by atoms with Gasteiger partial charge in [-0.25, -0.2) is 18.2 Å². The molecule has 0 spiro atoms. The first kappa shape index (κ1) is 39.3. The monoisotopic (exact) mass is 811 g/mol. The van der Waals surface area contributed by atoms with E-state index >= 15 is 0 Å². The van der Waals surface area contributed by atoms with Gasteiger partial charge < -0.3 is 25.0 Å². The second kappa shape index (κ2) is 15.3. The molecule has 0 bridgehead atoms. The van der Waals surface area contributed by atoms with Crippen LogP contribution in [0.2, 0.25) is 0 Å². The molecule has 0 radical (unpaired) electrons. The van der Waals surface area contributed by atoms with E-state index in [1.54, 1.807) is 31.4 Å². The van der Waals surface area contributed by atoms with Crippen LogP contribution in [-0.4, -0.2) is 92.9 Å². The van der Waals surface area contributed by atoms with Crippen LogP contribution >= 0.6 is 0 Å². The molecule has 3 N–H and O–H groups in total. The molecular formula is C42H49N7O8S. The Morgan fingerprint density at radius 2 is 1.74 bits per heavy atom. The first-order valence-electron chi connectivity index (χ1n) is 20.1. The number of nitrogens with zero attached hydrogens (tertiary/aromatic N) is 4. The molecule has 2 aromatic heterocycles. The molecule has 2 saturated carbocycles. The van der Waals surface area contributed by atoms with Crippen molar-refractivity contribution in [1.82, 2.24) is 34.9 Å². The fraction of sp³-hybridized carbons (Fsp3) is 0.476. The van der Waals surface area contributed by atoms with E-state index in [2.05, 4.69) is 15.4 Å². The number of benzene rings is 2. The molecule has 8 rings (SSSR count). The van der Waals surface area contributed by atoms with Gasteiger partial charge in [-0.05, 0) is 71.4 Å². The van der Waals surface area contributed by atoms with Gasteiger partial charge in [0.25, 0.3) is 5.91 Å². The highest BCUT2D eigenvalue weighted by atomic mass is 32.2. The summed E-state index contributed by atoms with van der Waals surface area (Å²) in [6.07, 6.45) is 6.64. The van der Waals surface area contributed by atoms with Gasteiger partial charge in [0, 0.05) is 29.4 Å². The Morgan fingerprint density at radius 3 is 2.50 bits per heavy atom. The standard InChI is InChI=1S/C42H49N7O8S/c1-41(2,3)57-40(53)44-32-19-11-6-4-5-10-16-27-24-42(27,39(52)47-58(54,55)29-20-21-29)45-37(50)34-22-28(25-48(34)38(32)51)56-35-23-33(26-14-8-7-9-15-26)43-36-30-17-12-13-18-31(30)46-49(35)36/h7-10,12-18,23,27-29,32,34H,4-6,11,19-22,24-25H2,1-3H3,(H,44,53)(H,45,50)(H,47,52)/t27-,28-,32+,34+,42-/m1/s1. The number of rotatable bonds is 7. The number of carbonyl (C=O) groups excluding carboxylic acids is 4. The molecule has 2 aromatic carbocycles. The minimum Gasteiger partial charge on any atom is -0.472 e. The molecule has 306 valence electrons. The summed E-state index contributed by atoms with van der Waals surface area (Å²) in [5.74, 6) is -2.02. The second-order valence-corrected chi connectivity index (χ2v) is 18.8. The number of ether oxygens (including phenoxy) is 2. The van der Waals surface area contributed by atoms with Crippen molar-refractivity contribution in [3.05, 3.63) is 72.8 Å². The van der Waals surface area contributed by atoms with Crippen LogP contribution in [0.15, 0.2) is 72.8 Å². The maximum Gasteiger partial charge on any atom is 0.408 e. The van der Waals surface area contributed by atoms with Gasteiger partial charge in [-0.15, -0.1) is 0 Å². The fourth-order valence-electron chi connectivity index (χ4n) is 7.91. The average molecular weight is 812 g/mol. The summed E-state index contributed by atoms with van der Waals surface area (Å²) in [4.78, 5) is 62.5. The normalized spacial score (nSPS) is 25.5. The summed E-state index contributed by atoms with van der Waals surface area (Å²) in [7, 11) is -3.91. The van der Waals surface area contributed by atoms with Crippen LogP contribution in [0.5, 0.6) is 5.88 Å². The van der Waals surface area contributed by atoms with Crippen LogP contribution in [-0.2, 0) is 29.1 Å². The van der Waals surface area contributed by atoms with Crippen LogP contribution in [0.4, 0.5) is 4.79 Å². The lowest BCUT2D eigenvalue weighted by Gasteiger charge is -2.30. The summed E-state index contributed by atoms with van der Waals surface area (Å²) >= 11 is 0. The quantitative estimate of drug-likeness (QED) is 0.219. The van der Waals surface area contributed by atoms with Crippen molar-refractivity contribution in [1.29, 1.82) is 0 Å². The van der Waals surface area contributed by atoms with Crippen molar-refractivity contribution in [2.24, 2.45) is 5.92 Å². The third-order valence-electron chi connectivity index (χ3n) is 11.1. The van der Waals surface area contributed by atoms with Gasteiger partial charge in [-0.1, -0.05) is 67.5 Å². The minimum atomic E-state index is -3.91. The molecule has 15 nitrogen and oxygen atoms in total. The van der Waals surface area contributed by atoms with E-state index in [1.807, 2.05) is 66.7 Å². The average Bonchev–Trinajstić information content (AvgIpc) is 4.08. The SMILES string of the molecule is CC(C)(C)OC(=O)N[C@H]1CCCCCC=C[C@@H]2C[C@@]2(C(=O)NS(=O)(=O)C2CC2)NC(=O)[C@@H]2C[C@@H](Oc3cc(-c4ccccc4)nc4c5ccccc5nn34)CN2C1=O. The van der Waals surface area contributed by atoms with Crippen molar-refractivity contribution in [2.45, 2.75) is 113 Å². The van der Waals surface area contributed by atoms with Gasteiger partial charge in [0.1, 0.15) is 29.3 Å². The van der Waals surface area contributed by atoms with Crippen LogP contribution in [0, 0.1) is 5.92 Å². The van der Waals surface area contributed by atoms with Crippen molar-refractivity contribution < 1.29 is 37.1 Å². The summed E-state index contributed by atoms with van der Waals surface area (Å²) in [6.45, 7) is 5.16. The van der Waals surface area contributed by atoms with E-state index in [0.717, 1.165) is 23.8 Å². The lowest BCUT2D eigenvalue weighted by Crippen LogP contribution is -2.58. The highest BCUT2D eigenvalue weighted by Crippen LogP contribution is 2.46. The minimum absolute atomic E-state index is 0.0284. The Hall–Kier alpha value is -5.51. The third kappa shape index (κ3) is 8.24. The Morgan fingerprint density at radius 1 is 0.983 bits per heavy atom. The number of alkyl carbamates (subject to hydrolysis) is 1. The van der Waals surface area contributed by atoms with Crippen molar-refractivity contribution >= 4 is 50.4 Å². The molecular weight excluding hydrogens is 763 g/mol. The number of hydrogen-bond acceptors (Lipinski definition) is 10. The summed E-state index contributed by atoms with van der Waals surface area (Å²) < 4.78 is 41.9. The maximum atomic E-state index is 14.7. The number of aromatic nitrogens is 3. The number of carbonyl (C=O) groups is 4. The van der Waals surface area contributed by atoms with Gasteiger partial charge in [0.15, 0.2) is 5.65 Å². The fourth-order valence-corrected chi connectivity index (χ4v) is 9.28. The zero-order chi connectivity index (χ0) is 40.8. The third-order valence-corrected chi connectivity index (χ3v) is 13.0. The van der Waals surface area contributed by atoms with Crippen LogP contribution < -0.4 is 20.1 Å². The van der Waals surface area contributed by atoms with E-state index in [9.17, 15) is 27.6 Å². The lowest BCUT2D eigenvalue weighted by molar-refractivity contribution is -0.141. The summed E-state index contributed by atoms with van der Waals surface area (Å²) in [6, 6.07) is 16.9. The summed E-state index contributed by atoms with van der Waals surface area (Å²) in [5.41, 5.74) is 0.425. The van der Waals surface area contributed by atoms with Gasteiger partial charge >= 0.3 is 6.09 Å². The van der Waals surface area contributed by atoms with Crippen LogP contribution in [0.3, 0.4) is 0 Å². The molecule has 3 fully saturated rings. The summed E-state index contributed by atoms with van der Waals surface area (Å²) in [5, 5.41) is 10.6. The predicted molar refractivity (Wildman–Crippen MR) is 215 cm³/mol. The molecule has 2 aliphatic heterocycles. The van der Waals surface area contributed by atoms with Crippen LogP contribution in [0.1, 0.15) is 78.6 Å². The van der Waals surface area contributed by atoms with E-state index in [4.69, 9.17) is 19.6 Å². The molecule has 58 heavy (non-hydrogen) atoms. The Bertz CT molecular complexity index is 2390. The van der Waals surface area contributed by atoms with Gasteiger partial charge in [-0.3, -0.25) is 19.1 Å². The number of sulfonamides is 1. The Kier molecular flexibility index (Phi) is 10.4. The molecule has 4 amide bonds. The lowest BCUT2D eigenvalue weighted by atomic mass is 10.0. The highest BCUT2D eigenvalue weighted by molar-refractivity contribution is 7.91. The van der Waals surface area contributed by atoms with E-state index in [0.29, 0.717) is 54.8 Å². The van der Waals surface area contributed by atoms with Crippen molar-refractivity contribution in [2.75, 3.05) is 6.54 Å². The molecule has 5 atom stereocenters. The largest absolute Gasteiger partial charge is 0.472 e. The molecule has 1 saturated heterocycles. The number of amides is 4. The first-order chi connectivity index (χ1) is 27.7. The molecule has 2 aliphatic carbocycles. The van der Waals surface area contributed by atoms with Crippen molar-refractivity contribution in [3.8, 4) is 17.1 Å². The number of fused-ring (bicyclic) bond motifs is 5. The van der Waals surface area contributed by atoms with Gasteiger partial charge in [-0.2, -0.15) is 9.61 Å². The number of nitrogens with one attached hydrogen (secondary N) is 3. The maximum absolute atomic E-state index is 14.7. The number of hydrogen-bond donors (Lipinski definition) is 3. The zero-order valence-electron chi connectivity index (χ0n) is 32.8.